The number of hydrogen-bond donors (Lipinski definition) is 2. The molecule has 5 nitrogen and oxygen atoms in total. The molecule has 0 aromatic heterocycles. The average molecular weight is 271 g/mol. The Morgan fingerprint density at radius 3 is 2.45 bits per heavy atom. The Kier molecular flexibility index (Phi) is 4.68. The molecule has 0 aliphatic carbocycles. The lowest BCUT2D eigenvalue weighted by Gasteiger charge is -2.07. The van der Waals surface area contributed by atoms with E-state index in [0.29, 0.717) is 0 Å². The van der Waals surface area contributed by atoms with Crippen molar-refractivity contribution in [2.75, 3.05) is 12.3 Å². The molecule has 20 heavy (non-hydrogen) atoms. The maximum Gasteiger partial charge on any atom is 0.269 e. The molecule has 2 aromatic rings. The van der Waals surface area contributed by atoms with Crippen molar-refractivity contribution in [1.82, 2.24) is 5.32 Å². The fourth-order valence-electron chi connectivity index (χ4n) is 1.94. The van der Waals surface area contributed by atoms with Gasteiger partial charge in [0.1, 0.15) is 0 Å². The molecule has 0 saturated carbocycles. The molecule has 0 unspecified atom stereocenters. The second-order valence-electron chi connectivity index (χ2n) is 4.55. The zero-order valence-electron chi connectivity index (χ0n) is 11.1. The van der Waals surface area contributed by atoms with Crippen molar-refractivity contribution in [2.24, 2.45) is 0 Å². The molecule has 2 aromatic carbocycles. The number of nitrogens with one attached hydrogen (secondary N) is 1. The number of nitrogen functional groups attached to an aromatic ring is 1. The number of nitro benzene ring substituents is 1. The molecular weight excluding hydrogens is 254 g/mol. The second-order valence-corrected chi connectivity index (χ2v) is 4.55. The summed E-state index contributed by atoms with van der Waals surface area (Å²) >= 11 is 0. The molecule has 0 radical (unpaired) electrons. The Morgan fingerprint density at radius 1 is 1.10 bits per heavy atom. The smallest absolute Gasteiger partial charge is 0.269 e. The third-order valence-electron chi connectivity index (χ3n) is 3.11. The quantitative estimate of drug-likeness (QED) is 0.366. The molecule has 0 saturated heterocycles. The van der Waals surface area contributed by atoms with E-state index in [1.54, 1.807) is 12.1 Å². The molecule has 0 spiro atoms. The molecule has 0 heterocycles. The fourth-order valence-corrected chi connectivity index (χ4v) is 1.94. The summed E-state index contributed by atoms with van der Waals surface area (Å²) in [7, 11) is 0. The van der Waals surface area contributed by atoms with E-state index < -0.39 is 0 Å². The Hall–Kier alpha value is -2.40. The number of hydrogen-bond acceptors (Lipinski definition) is 4. The van der Waals surface area contributed by atoms with Gasteiger partial charge in [0.15, 0.2) is 0 Å². The van der Waals surface area contributed by atoms with E-state index in [1.807, 2.05) is 24.3 Å². The third-order valence-corrected chi connectivity index (χ3v) is 3.11. The highest BCUT2D eigenvalue weighted by atomic mass is 16.6. The van der Waals surface area contributed by atoms with Gasteiger partial charge in [-0.25, -0.2) is 0 Å². The molecule has 0 aliphatic heterocycles. The lowest BCUT2D eigenvalue weighted by atomic mass is 10.1. The third kappa shape index (κ3) is 3.80. The van der Waals surface area contributed by atoms with Crippen LogP contribution in [0.2, 0.25) is 0 Å². The Morgan fingerprint density at radius 2 is 1.80 bits per heavy atom. The van der Waals surface area contributed by atoms with Crippen molar-refractivity contribution in [2.45, 2.75) is 13.0 Å². The molecule has 0 bridgehead atoms. The molecule has 2 rings (SSSR count). The van der Waals surface area contributed by atoms with Gasteiger partial charge in [-0.15, -0.1) is 0 Å². The van der Waals surface area contributed by atoms with Crippen LogP contribution in [0.15, 0.2) is 48.5 Å². The molecule has 0 fully saturated rings. The summed E-state index contributed by atoms with van der Waals surface area (Å²) in [6.45, 7) is 1.52. The van der Waals surface area contributed by atoms with Gasteiger partial charge in [0.2, 0.25) is 0 Å². The number of nitrogens with two attached hydrogens (primary N) is 1. The number of para-hydroxylation sites is 1. The van der Waals surface area contributed by atoms with E-state index in [0.717, 1.165) is 36.3 Å². The van der Waals surface area contributed by atoms with E-state index in [9.17, 15) is 10.1 Å². The molecule has 0 amide bonds. The van der Waals surface area contributed by atoms with E-state index >= 15 is 0 Å². The van der Waals surface area contributed by atoms with Crippen LogP contribution in [0.5, 0.6) is 0 Å². The number of benzene rings is 2. The van der Waals surface area contributed by atoms with Gasteiger partial charge < -0.3 is 11.1 Å². The lowest BCUT2D eigenvalue weighted by Crippen LogP contribution is -2.17. The van der Waals surface area contributed by atoms with Gasteiger partial charge in [-0.05, 0) is 30.2 Å². The second kappa shape index (κ2) is 6.68. The first-order valence-corrected chi connectivity index (χ1v) is 6.44. The summed E-state index contributed by atoms with van der Waals surface area (Å²) in [6.07, 6.45) is 0.824. The largest absolute Gasteiger partial charge is 0.398 e. The molecule has 0 aliphatic rings. The van der Waals surface area contributed by atoms with Crippen molar-refractivity contribution >= 4 is 11.4 Å². The summed E-state index contributed by atoms with van der Waals surface area (Å²) in [5.74, 6) is 0. The predicted molar refractivity (Wildman–Crippen MR) is 79.4 cm³/mol. The van der Waals surface area contributed by atoms with Crippen LogP contribution >= 0.6 is 0 Å². The van der Waals surface area contributed by atoms with Crippen molar-refractivity contribution in [1.29, 1.82) is 0 Å². The SMILES string of the molecule is Nc1ccccc1CNCCc1ccc([N+](=O)[O-])cc1. The maximum atomic E-state index is 10.5. The maximum absolute atomic E-state index is 10.5. The Balaban J connectivity index is 1.79. The predicted octanol–water partition coefficient (Wildman–Crippen LogP) is 2.51. The van der Waals surface area contributed by atoms with Crippen LogP contribution in [0.1, 0.15) is 11.1 Å². The van der Waals surface area contributed by atoms with Crippen molar-refractivity contribution in [3.05, 3.63) is 69.8 Å². The van der Waals surface area contributed by atoms with Crippen molar-refractivity contribution < 1.29 is 4.92 Å². The molecular formula is C15H17N3O2. The molecule has 3 N–H and O–H groups in total. The minimum absolute atomic E-state index is 0.124. The summed E-state index contributed by atoms with van der Waals surface area (Å²) in [6, 6.07) is 14.4. The highest BCUT2D eigenvalue weighted by Crippen LogP contribution is 2.12. The van der Waals surface area contributed by atoms with Gasteiger partial charge in [0.25, 0.3) is 5.69 Å². The zero-order valence-corrected chi connectivity index (χ0v) is 11.1. The highest BCUT2D eigenvalue weighted by Gasteiger charge is 2.03. The summed E-state index contributed by atoms with van der Waals surface area (Å²) in [5.41, 5.74) is 8.92. The minimum Gasteiger partial charge on any atom is -0.398 e. The van der Waals surface area contributed by atoms with Crippen molar-refractivity contribution in [3.8, 4) is 0 Å². The number of nitro groups is 1. The molecule has 0 atom stereocenters. The topological polar surface area (TPSA) is 81.2 Å². The van der Waals surface area contributed by atoms with Crippen LogP contribution in [0.3, 0.4) is 0 Å². The van der Waals surface area contributed by atoms with Crippen molar-refractivity contribution in [3.63, 3.8) is 0 Å². The van der Waals surface area contributed by atoms with Crippen LogP contribution in [0, 0.1) is 10.1 Å². The summed E-state index contributed by atoms with van der Waals surface area (Å²) in [5, 5.41) is 13.9. The van der Waals surface area contributed by atoms with Crippen LogP contribution in [-0.4, -0.2) is 11.5 Å². The first-order chi connectivity index (χ1) is 9.66. The van der Waals surface area contributed by atoms with Gasteiger partial charge in [0, 0.05) is 24.4 Å². The van der Waals surface area contributed by atoms with Crippen LogP contribution in [0.4, 0.5) is 11.4 Å². The summed E-state index contributed by atoms with van der Waals surface area (Å²) in [4.78, 5) is 10.2. The number of nitrogens with zero attached hydrogens (tertiary/aromatic N) is 1. The van der Waals surface area contributed by atoms with Gasteiger partial charge in [0.05, 0.1) is 4.92 Å². The number of rotatable bonds is 6. The normalized spacial score (nSPS) is 10.4. The van der Waals surface area contributed by atoms with Crippen LogP contribution in [-0.2, 0) is 13.0 Å². The first-order valence-electron chi connectivity index (χ1n) is 6.44. The van der Waals surface area contributed by atoms with E-state index in [1.165, 1.54) is 12.1 Å². The molecule has 5 heteroatoms. The summed E-state index contributed by atoms with van der Waals surface area (Å²) < 4.78 is 0. The van der Waals surface area contributed by atoms with E-state index in [4.69, 9.17) is 5.73 Å². The standard InChI is InChI=1S/C15H17N3O2/c16-15-4-2-1-3-13(15)11-17-10-9-12-5-7-14(8-6-12)18(19)20/h1-8,17H,9-11,16H2. The lowest BCUT2D eigenvalue weighted by molar-refractivity contribution is -0.384. The minimum atomic E-state index is -0.389. The average Bonchev–Trinajstić information content (AvgIpc) is 2.46. The fraction of sp³-hybridized carbons (Fsp3) is 0.200. The molecule has 104 valence electrons. The monoisotopic (exact) mass is 271 g/mol. The van der Waals surface area contributed by atoms with E-state index in [2.05, 4.69) is 5.32 Å². The van der Waals surface area contributed by atoms with Crippen LogP contribution < -0.4 is 11.1 Å². The Bertz CT molecular complexity index is 582. The highest BCUT2D eigenvalue weighted by molar-refractivity contribution is 5.46. The van der Waals surface area contributed by atoms with E-state index in [-0.39, 0.29) is 10.6 Å². The first kappa shape index (κ1) is 14.0. The van der Waals surface area contributed by atoms with Gasteiger partial charge in [-0.3, -0.25) is 10.1 Å². The number of anilines is 1. The Labute approximate surface area is 117 Å². The van der Waals surface area contributed by atoms with Gasteiger partial charge in [-0.1, -0.05) is 30.3 Å². The van der Waals surface area contributed by atoms with Gasteiger partial charge in [-0.2, -0.15) is 0 Å². The van der Waals surface area contributed by atoms with Gasteiger partial charge >= 0.3 is 0 Å². The number of non-ortho nitro benzene ring substituents is 1. The van der Waals surface area contributed by atoms with Crippen LogP contribution in [0.25, 0.3) is 0 Å². The zero-order chi connectivity index (χ0) is 14.4.